The number of pyridine rings is 1. The summed E-state index contributed by atoms with van der Waals surface area (Å²) in [5.41, 5.74) is -0.502. The summed E-state index contributed by atoms with van der Waals surface area (Å²) in [7, 11) is 1.51. The molecule has 0 aliphatic heterocycles. The van der Waals surface area contributed by atoms with Gasteiger partial charge in [-0.3, -0.25) is 0 Å². The Bertz CT molecular complexity index is 1370. The van der Waals surface area contributed by atoms with E-state index in [1.807, 2.05) is 0 Å². The number of aromatic nitrogens is 1. The van der Waals surface area contributed by atoms with Gasteiger partial charge in [-0.15, -0.1) is 0 Å². The van der Waals surface area contributed by atoms with E-state index in [1.165, 1.54) is 36.0 Å². The molecule has 0 saturated carbocycles. The van der Waals surface area contributed by atoms with Crippen molar-refractivity contribution in [2.24, 2.45) is 7.05 Å². The van der Waals surface area contributed by atoms with E-state index in [4.69, 9.17) is 19.2 Å². The molecule has 1 aromatic heterocycles. The first-order valence-electron chi connectivity index (χ1n) is 13.9. The maximum absolute atomic E-state index is 8.36. The van der Waals surface area contributed by atoms with E-state index >= 15 is 0 Å². The van der Waals surface area contributed by atoms with Crippen LogP contribution in [0.2, 0.25) is 0 Å². The van der Waals surface area contributed by atoms with Crippen LogP contribution >= 0.6 is 0 Å². The van der Waals surface area contributed by atoms with Crippen LogP contribution in [0.1, 0.15) is 41.4 Å². The predicted octanol–water partition coefficient (Wildman–Crippen LogP) is 5.08. The van der Waals surface area contributed by atoms with E-state index in [9.17, 15) is 0 Å². The number of aryl methyl sites for hydroxylation is 5. The summed E-state index contributed by atoms with van der Waals surface area (Å²) in [6, 6.07) is 0.795. The lowest BCUT2D eigenvalue weighted by Crippen LogP contribution is -2.31. The molecular weight excluding hydrogens is 278 g/mol. The van der Waals surface area contributed by atoms with Crippen LogP contribution in [0, 0.1) is 27.5 Å². The van der Waals surface area contributed by atoms with E-state index < -0.39 is 56.3 Å². The van der Waals surface area contributed by atoms with Crippen molar-refractivity contribution in [2.45, 2.75) is 27.5 Å². The topological polar surface area (TPSA) is 3.88 Å². The molecule has 116 valence electrons. The SMILES string of the molecule is [2H]c1c([2H])c([2H])c(-c2cc(-c3cc(C([2H])([2H])[2H])c(C([2H])([2H])[2H])c[n+]3C)c(C)cc2C([2H])([2H])[2H])c([2H])c1[2H]. The molecule has 2 aromatic carbocycles. The fourth-order valence-corrected chi connectivity index (χ4v) is 2.49. The normalized spacial score (nSPS) is 21.3. The number of hydrogen-bond donors (Lipinski definition) is 0. The Balaban J connectivity index is 2.50. The monoisotopic (exact) mass is 316 g/mol. The Hall–Kier alpha value is -2.41. The zero-order valence-electron chi connectivity index (χ0n) is 26.8. The van der Waals surface area contributed by atoms with Gasteiger partial charge in [0.1, 0.15) is 7.05 Å². The summed E-state index contributed by atoms with van der Waals surface area (Å²) >= 11 is 0. The van der Waals surface area contributed by atoms with Gasteiger partial charge in [0.2, 0.25) is 5.69 Å². The van der Waals surface area contributed by atoms with Crippen LogP contribution in [-0.2, 0) is 7.05 Å². The van der Waals surface area contributed by atoms with Gasteiger partial charge in [-0.05, 0) is 61.4 Å². The molecule has 0 radical (unpaired) electrons. The molecule has 1 heteroatoms. The summed E-state index contributed by atoms with van der Waals surface area (Å²) in [5.74, 6) is 0. The van der Waals surface area contributed by atoms with Crippen molar-refractivity contribution in [1.29, 1.82) is 0 Å². The van der Waals surface area contributed by atoms with Crippen LogP contribution in [-0.4, -0.2) is 0 Å². The Labute approximate surface area is 158 Å². The minimum atomic E-state index is -2.77. The Morgan fingerprint density at radius 2 is 1.57 bits per heavy atom. The zero-order valence-corrected chi connectivity index (χ0v) is 12.8. The fourth-order valence-electron chi connectivity index (χ4n) is 2.49. The first-order chi connectivity index (χ1) is 16.7. The molecule has 1 nitrogen and oxygen atoms in total. The van der Waals surface area contributed by atoms with Crippen molar-refractivity contribution >= 4 is 0 Å². The average Bonchev–Trinajstić information content (AvgIpc) is 2.75. The smallest absolute Gasteiger partial charge is 0.201 e. The summed E-state index contributed by atoms with van der Waals surface area (Å²) < 4.78 is 113. The number of hydrogen-bond acceptors (Lipinski definition) is 0. The molecule has 0 spiro atoms. The molecule has 3 aromatic rings. The van der Waals surface area contributed by atoms with Crippen LogP contribution < -0.4 is 4.57 Å². The summed E-state index contributed by atoms with van der Waals surface area (Å²) in [6.45, 7) is -6.60. The van der Waals surface area contributed by atoms with Crippen LogP contribution in [0.15, 0.2) is 54.6 Å². The molecule has 0 amide bonds. The Morgan fingerprint density at radius 1 is 0.826 bits per heavy atom. The van der Waals surface area contributed by atoms with Crippen LogP contribution in [0.5, 0.6) is 0 Å². The molecule has 0 bridgehead atoms. The quantitative estimate of drug-likeness (QED) is 0.581. The number of rotatable bonds is 2. The largest absolute Gasteiger partial charge is 0.212 e. The van der Waals surface area contributed by atoms with E-state index in [-0.39, 0.29) is 27.9 Å². The average molecular weight is 317 g/mol. The molecule has 0 N–H and O–H groups in total. The highest BCUT2D eigenvalue weighted by Crippen LogP contribution is 2.31. The van der Waals surface area contributed by atoms with Crippen LogP contribution in [0.4, 0.5) is 0 Å². The van der Waals surface area contributed by atoms with Crippen molar-refractivity contribution in [3.63, 3.8) is 0 Å². The third-order valence-electron chi connectivity index (χ3n) is 3.68. The lowest BCUT2D eigenvalue weighted by Gasteiger charge is -2.12. The Morgan fingerprint density at radius 3 is 2.26 bits per heavy atom. The maximum Gasteiger partial charge on any atom is 0.212 e. The van der Waals surface area contributed by atoms with E-state index in [1.54, 1.807) is 6.92 Å². The maximum atomic E-state index is 8.36. The molecule has 3 rings (SSSR count). The summed E-state index contributed by atoms with van der Waals surface area (Å²) in [5, 5.41) is 0. The molecule has 0 atom stereocenters. The van der Waals surface area contributed by atoms with Gasteiger partial charge in [0.25, 0.3) is 0 Å². The summed E-state index contributed by atoms with van der Waals surface area (Å²) in [4.78, 5) is 0. The van der Waals surface area contributed by atoms with Crippen molar-refractivity contribution in [1.82, 2.24) is 0 Å². The molecule has 0 saturated heterocycles. The molecule has 1 heterocycles. The predicted molar refractivity (Wildman–Crippen MR) is 97.4 cm³/mol. The number of nitrogens with zero attached hydrogens (tertiary/aromatic N) is 1. The second-order valence-electron chi connectivity index (χ2n) is 5.31. The zero-order chi connectivity index (χ0) is 28.4. The third kappa shape index (κ3) is 2.92. The molecule has 0 aliphatic rings. The minimum absolute atomic E-state index is 0.132. The minimum Gasteiger partial charge on any atom is -0.201 e. The Kier molecular flexibility index (Phi) is 1.54. The van der Waals surface area contributed by atoms with Crippen LogP contribution in [0.25, 0.3) is 22.4 Å². The summed E-state index contributed by atoms with van der Waals surface area (Å²) in [6.07, 6.45) is 1.19. The fraction of sp³-hybridized carbons (Fsp3) is 0.227. The van der Waals surface area contributed by atoms with Gasteiger partial charge in [-0.1, -0.05) is 36.3 Å². The standard InChI is InChI=1S/C22H24N/c1-15-12-22(23(5)14-18(15)4)21-13-20(16(2)11-17(21)3)19-9-7-6-8-10-19/h6-14H,1-5H3/q+1/i1D3,2D3,4D3,6D,7D,8D,9D,10D. The van der Waals surface area contributed by atoms with Gasteiger partial charge in [0.05, 0.1) is 6.85 Å². The highest BCUT2D eigenvalue weighted by Gasteiger charge is 2.16. The van der Waals surface area contributed by atoms with Crippen molar-refractivity contribution < 1.29 is 23.8 Å². The van der Waals surface area contributed by atoms with Gasteiger partial charge in [-0.2, -0.15) is 0 Å². The van der Waals surface area contributed by atoms with Crippen molar-refractivity contribution in [3.8, 4) is 22.4 Å². The molecule has 0 fully saturated rings. The second-order valence-corrected chi connectivity index (χ2v) is 5.31. The first-order valence-corrected chi connectivity index (χ1v) is 6.95. The van der Waals surface area contributed by atoms with Crippen molar-refractivity contribution in [3.05, 3.63) is 76.9 Å². The highest BCUT2D eigenvalue weighted by molar-refractivity contribution is 5.75. The van der Waals surface area contributed by atoms with Gasteiger partial charge < -0.3 is 0 Å². The first kappa shape index (κ1) is 5.90. The molecule has 23 heavy (non-hydrogen) atoms. The van der Waals surface area contributed by atoms with E-state index in [2.05, 4.69) is 0 Å². The van der Waals surface area contributed by atoms with E-state index in [0.717, 1.165) is 0 Å². The second kappa shape index (κ2) is 6.00. The van der Waals surface area contributed by atoms with Gasteiger partial charge >= 0.3 is 0 Å². The molecule has 0 unspecified atom stereocenters. The lowest BCUT2D eigenvalue weighted by atomic mass is 9.93. The highest BCUT2D eigenvalue weighted by atomic mass is 14.9. The van der Waals surface area contributed by atoms with E-state index in [0.29, 0.717) is 11.1 Å². The van der Waals surface area contributed by atoms with Crippen LogP contribution in [0.3, 0.4) is 0 Å². The van der Waals surface area contributed by atoms with Crippen molar-refractivity contribution in [2.75, 3.05) is 0 Å². The molecular formula is C22H24N+. The van der Waals surface area contributed by atoms with Gasteiger partial charge in [0.15, 0.2) is 6.20 Å². The molecule has 0 aliphatic carbocycles. The third-order valence-corrected chi connectivity index (χ3v) is 3.68. The van der Waals surface area contributed by atoms with Gasteiger partial charge in [0, 0.05) is 29.5 Å². The van der Waals surface area contributed by atoms with Gasteiger partial charge in [-0.25, -0.2) is 4.57 Å². The lowest BCUT2D eigenvalue weighted by molar-refractivity contribution is -0.660. The number of benzene rings is 2.